The minimum absolute atomic E-state index is 0.625. The van der Waals surface area contributed by atoms with Gasteiger partial charge in [-0.15, -0.1) is 0 Å². The summed E-state index contributed by atoms with van der Waals surface area (Å²) in [6, 6.07) is 4.54. The molecule has 86 valence electrons. The van der Waals surface area contributed by atoms with Crippen LogP contribution in [0.2, 0.25) is 0 Å². The van der Waals surface area contributed by atoms with Crippen LogP contribution in [0.3, 0.4) is 0 Å². The number of benzene rings is 1. The summed E-state index contributed by atoms with van der Waals surface area (Å²) in [4.78, 5) is 2.47. The predicted molar refractivity (Wildman–Crippen MR) is 71.2 cm³/mol. The molecule has 0 unspecified atom stereocenters. The molecule has 0 radical (unpaired) electrons. The summed E-state index contributed by atoms with van der Waals surface area (Å²) in [7, 11) is 0. The molecule has 1 aliphatic rings. The second-order valence-corrected chi connectivity index (χ2v) is 5.19. The van der Waals surface area contributed by atoms with Crippen LogP contribution < -0.4 is 4.90 Å². The third-order valence-corrected chi connectivity index (χ3v) is 3.54. The van der Waals surface area contributed by atoms with Crippen LogP contribution in [0, 0.1) is 26.7 Å². The van der Waals surface area contributed by atoms with E-state index in [-0.39, 0.29) is 0 Å². The Morgan fingerprint density at radius 1 is 1.19 bits per heavy atom. The van der Waals surface area contributed by atoms with E-state index in [1.54, 1.807) is 0 Å². The Labute approximate surface area is 98.8 Å². The first-order valence-electron chi connectivity index (χ1n) is 5.99. The highest BCUT2D eigenvalue weighted by Crippen LogP contribution is 2.32. The third kappa shape index (κ3) is 1.87. The standard InChI is InChI=1S/C15H21N/c1-10-6-11(2)15(12(3)7-10)16-8-13(4)14(5)9-16/h6-7,14H,4,8-9H2,1-3,5H3/t14-/m0/s1. The summed E-state index contributed by atoms with van der Waals surface area (Å²) in [5, 5.41) is 0. The summed E-state index contributed by atoms with van der Waals surface area (Å²) in [5.41, 5.74) is 6.90. The summed E-state index contributed by atoms with van der Waals surface area (Å²) in [6.07, 6.45) is 0. The highest BCUT2D eigenvalue weighted by Gasteiger charge is 2.24. The van der Waals surface area contributed by atoms with Gasteiger partial charge in [0.2, 0.25) is 0 Å². The molecule has 0 saturated carbocycles. The highest BCUT2D eigenvalue weighted by atomic mass is 15.2. The van der Waals surface area contributed by atoms with Gasteiger partial charge in [-0.3, -0.25) is 0 Å². The molecule has 2 rings (SSSR count). The van der Waals surface area contributed by atoms with Crippen molar-refractivity contribution in [3.8, 4) is 0 Å². The normalized spacial score (nSPS) is 20.6. The first kappa shape index (κ1) is 11.3. The predicted octanol–water partition coefficient (Wildman–Crippen LogP) is 3.62. The van der Waals surface area contributed by atoms with E-state index in [0.29, 0.717) is 5.92 Å². The Balaban J connectivity index is 2.38. The highest BCUT2D eigenvalue weighted by molar-refractivity contribution is 5.62. The van der Waals surface area contributed by atoms with Gasteiger partial charge >= 0.3 is 0 Å². The van der Waals surface area contributed by atoms with Crippen LogP contribution in [0.1, 0.15) is 23.6 Å². The van der Waals surface area contributed by atoms with Gasteiger partial charge in [-0.05, 0) is 37.8 Å². The molecule has 0 bridgehead atoms. The fraction of sp³-hybridized carbons (Fsp3) is 0.467. The van der Waals surface area contributed by atoms with Crippen LogP contribution in [-0.2, 0) is 0 Å². The van der Waals surface area contributed by atoms with E-state index in [1.807, 2.05) is 0 Å². The second kappa shape index (κ2) is 3.97. The lowest BCUT2D eigenvalue weighted by atomic mass is 10.0. The molecule has 1 fully saturated rings. The van der Waals surface area contributed by atoms with Crippen molar-refractivity contribution in [3.63, 3.8) is 0 Å². The molecule has 0 spiro atoms. The zero-order valence-corrected chi connectivity index (χ0v) is 10.8. The number of nitrogens with zero attached hydrogens (tertiary/aromatic N) is 1. The Kier molecular flexibility index (Phi) is 2.79. The van der Waals surface area contributed by atoms with E-state index in [0.717, 1.165) is 13.1 Å². The minimum Gasteiger partial charge on any atom is -0.367 e. The molecule has 1 heterocycles. The molecule has 1 saturated heterocycles. The molecular weight excluding hydrogens is 194 g/mol. The fourth-order valence-electron chi connectivity index (χ4n) is 2.77. The van der Waals surface area contributed by atoms with Crippen molar-refractivity contribution in [1.82, 2.24) is 0 Å². The van der Waals surface area contributed by atoms with Crippen LogP contribution in [-0.4, -0.2) is 13.1 Å². The lowest BCUT2D eigenvalue weighted by Crippen LogP contribution is -2.21. The van der Waals surface area contributed by atoms with Crippen molar-refractivity contribution in [2.45, 2.75) is 27.7 Å². The van der Waals surface area contributed by atoms with E-state index in [2.05, 4.69) is 51.3 Å². The van der Waals surface area contributed by atoms with Gasteiger partial charge in [0.15, 0.2) is 0 Å². The van der Waals surface area contributed by atoms with Crippen molar-refractivity contribution in [2.24, 2.45) is 5.92 Å². The zero-order chi connectivity index (χ0) is 11.9. The largest absolute Gasteiger partial charge is 0.367 e. The van der Waals surface area contributed by atoms with Crippen molar-refractivity contribution in [2.75, 3.05) is 18.0 Å². The van der Waals surface area contributed by atoms with Gasteiger partial charge < -0.3 is 4.90 Å². The van der Waals surface area contributed by atoms with Gasteiger partial charge in [0.1, 0.15) is 0 Å². The molecule has 1 aliphatic heterocycles. The molecule has 0 aromatic heterocycles. The Bertz CT molecular complexity index is 408. The average molecular weight is 215 g/mol. The molecule has 0 N–H and O–H groups in total. The van der Waals surface area contributed by atoms with Crippen LogP contribution >= 0.6 is 0 Å². The summed E-state index contributed by atoms with van der Waals surface area (Å²) < 4.78 is 0. The lowest BCUT2D eigenvalue weighted by Gasteiger charge is -2.23. The summed E-state index contributed by atoms with van der Waals surface area (Å²) in [5.74, 6) is 0.625. The molecule has 1 heteroatoms. The first-order chi connectivity index (χ1) is 7.49. The molecule has 1 aromatic rings. The maximum Gasteiger partial charge on any atom is 0.0428 e. The van der Waals surface area contributed by atoms with Gasteiger partial charge in [0.05, 0.1) is 0 Å². The molecule has 0 amide bonds. The first-order valence-corrected chi connectivity index (χ1v) is 5.99. The smallest absolute Gasteiger partial charge is 0.0428 e. The van der Waals surface area contributed by atoms with Crippen molar-refractivity contribution >= 4 is 5.69 Å². The van der Waals surface area contributed by atoms with Crippen molar-refractivity contribution in [1.29, 1.82) is 0 Å². The molecule has 1 atom stereocenters. The van der Waals surface area contributed by atoms with Gasteiger partial charge in [-0.2, -0.15) is 0 Å². The van der Waals surface area contributed by atoms with Crippen LogP contribution in [0.5, 0.6) is 0 Å². The number of hydrogen-bond acceptors (Lipinski definition) is 1. The number of hydrogen-bond donors (Lipinski definition) is 0. The fourth-order valence-corrected chi connectivity index (χ4v) is 2.77. The Morgan fingerprint density at radius 2 is 1.75 bits per heavy atom. The van der Waals surface area contributed by atoms with E-state index < -0.39 is 0 Å². The summed E-state index contributed by atoms with van der Waals surface area (Å²) in [6.45, 7) is 15.1. The van der Waals surface area contributed by atoms with Gasteiger partial charge in [0.25, 0.3) is 0 Å². The zero-order valence-electron chi connectivity index (χ0n) is 10.8. The molecule has 1 aromatic carbocycles. The number of aryl methyl sites for hydroxylation is 3. The lowest BCUT2D eigenvalue weighted by molar-refractivity contribution is 0.757. The van der Waals surface area contributed by atoms with E-state index in [1.165, 1.54) is 28.0 Å². The Morgan fingerprint density at radius 3 is 2.19 bits per heavy atom. The van der Waals surface area contributed by atoms with Crippen molar-refractivity contribution in [3.05, 3.63) is 41.0 Å². The van der Waals surface area contributed by atoms with Crippen LogP contribution in [0.25, 0.3) is 0 Å². The SMILES string of the molecule is C=C1CN(c2c(C)cc(C)cc2C)C[C@@H]1C. The third-order valence-electron chi connectivity index (χ3n) is 3.54. The van der Waals surface area contributed by atoms with Gasteiger partial charge in [-0.25, -0.2) is 0 Å². The topological polar surface area (TPSA) is 3.24 Å². The van der Waals surface area contributed by atoms with E-state index >= 15 is 0 Å². The number of anilines is 1. The van der Waals surface area contributed by atoms with Crippen molar-refractivity contribution < 1.29 is 0 Å². The maximum atomic E-state index is 4.15. The molecular formula is C15H21N. The molecule has 0 aliphatic carbocycles. The quantitative estimate of drug-likeness (QED) is 0.647. The summed E-state index contributed by atoms with van der Waals surface area (Å²) >= 11 is 0. The Hall–Kier alpha value is -1.24. The van der Waals surface area contributed by atoms with E-state index in [4.69, 9.17) is 0 Å². The van der Waals surface area contributed by atoms with Crippen LogP contribution in [0.15, 0.2) is 24.3 Å². The monoisotopic (exact) mass is 215 g/mol. The van der Waals surface area contributed by atoms with Gasteiger partial charge in [-0.1, -0.05) is 36.8 Å². The van der Waals surface area contributed by atoms with Crippen LogP contribution in [0.4, 0.5) is 5.69 Å². The number of rotatable bonds is 1. The van der Waals surface area contributed by atoms with E-state index in [9.17, 15) is 0 Å². The molecule has 1 nitrogen and oxygen atoms in total. The maximum absolute atomic E-state index is 4.15. The second-order valence-electron chi connectivity index (χ2n) is 5.19. The van der Waals surface area contributed by atoms with Gasteiger partial charge in [0, 0.05) is 18.8 Å². The molecule has 16 heavy (non-hydrogen) atoms. The minimum atomic E-state index is 0.625. The average Bonchev–Trinajstić information content (AvgIpc) is 2.44.